The van der Waals surface area contributed by atoms with Gasteiger partial charge in [0.15, 0.2) is 0 Å². The second-order valence-electron chi connectivity index (χ2n) is 18.5. The zero-order valence-electron chi connectivity index (χ0n) is 36.4. The standard InChI is InChI=1S/C65H44S/c1-3-19-45(20-4-1)64(46-21-5-2-6-22-46)58-31-15-10-27-53(58)63-42(18-17-32-59(63)64)34-37-47(43-36-39-62-54(40-43)52-26-11-16-33-61(52)66-62)44-35-38-51-50-25-9-14-30-57(50)65(60(51)41-44)55-28-12-7-23-48(55)49-24-8-13-29-56(49)65/h1-33,35-36,38-41,47H,34,37H2. The third-order valence-electron chi connectivity index (χ3n) is 15.5. The van der Waals surface area contributed by atoms with Crippen LogP contribution in [0.25, 0.3) is 53.6 Å². The van der Waals surface area contributed by atoms with Crippen LogP contribution in [-0.2, 0) is 17.3 Å². The van der Waals surface area contributed by atoms with Gasteiger partial charge in [0.1, 0.15) is 0 Å². The molecule has 0 bridgehead atoms. The van der Waals surface area contributed by atoms with E-state index in [2.05, 4.69) is 237 Å². The predicted molar refractivity (Wildman–Crippen MR) is 276 cm³/mol. The number of aryl methyl sites for hydroxylation is 1. The first-order valence-electron chi connectivity index (χ1n) is 23.4. The first-order chi connectivity index (χ1) is 32.7. The molecule has 0 saturated carbocycles. The van der Waals surface area contributed by atoms with E-state index in [1.165, 1.54) is 115 Å². The van der Waals surface area contributed by atoms with Crippen molar-refractivity contribution in [3.05, 3.63) is 298 Å². The van der Waals surface area contributed by atoms with E-state index in [0.717, 1.165) is 12.8 Å². The third-order valence-corrected chi connectivity index (χ3v) is 16.6. The summed E-state index contributed by atoms with van der Waals surface area (Å²) in [5.74, 6) is 0.145. The van der Waals surface area contributed by atoms with Gasteiger partial charge in [-0.05, 0) is 126 Å². The Bertz CT molecular complexity index is 3620. The van der Waals surface area contributed by atoms with Gasteiger partial charge in [0.25, 0.3) is 0 Å². The van der Waals surface area contributed by atoms with Crippen LogP contribution in [0.2, 0.25) is 0 Å². The maximum atomic E-state index is 2.62. The molecule has 1 heterocycles. The van der Waals surface area contributed by atoms with Crippen molar-refractivity contribution in [3.63, 3.8) is 0 Å². The van der Waals surface area contributed by atoms with Crippen LogP contribution in [0, 0.1) is 0 Å². The molecule has 0 radical (unpaired) electrons. The van der Waals surface area contributed by atoms with Crippen molar-refractivity contribution in [1.29, 1.82) is 0 Å². The Labute approximate surface area is 390 Å². The Hall–Kier alpha value is -7.58. The lowest BCUT2D eigenvalue weighted by Crippen LogP contribution is -2.28. The van der Waals surface area contributed by atoms with E-state index in [1.54, 1.807) is 0 Å². The molecule has 0 fully saturated rings. The lowest BCUT2D eigenvalue weighted by Gasteiger charge is -2.34. The summed E-state index contributed by atoms with van der Waals surface area (Å²) in [5, 5.41) is 2.70. The molecule has 1 atom stereocenters. The number of hydrogen-bond donors (Lipinski definition) is 0. The van der Waals surface area contributed by atoms with Crippen molar-refractivity contribution in [2.75, 3.05) is 0 Å². The summed E-state index contributed by atoms with van der Waals surface area (Å²) in [6, 6.07) is 90.0. The average Bonchev–Trinajstić information content (AvgIpc) is 4.10. The smallest absolute Gasteiger partial charge is 0.0725 e. The number of hydrogen-bond acceptors (Lipinski definition) is 1. The summed E-state index contributed by atoms with van der Waals surface area (Å²) < 4.78 is 2.69. The molecule has 310 valence electrons. The maximum Gasteiger partial charge on any atom is 0.0725 e. The van der Waals surface area contributed by atoms with Gasteiger partial charge in [0.2, 0.25) is 0 Å². The number of fused-ring (bicyclic) bond motifs is 16. The van der Waals surface area contributed by atoms with Gasteiger partial charge in [-0.15, -0.1) is 11.3 Å². The van der Waals surface area contributed by atoms with Crippen molar-refractivity contribution in [1.82, 2.24) is 0 Å². The molecular formula is C65H44S. The van der Waals surface area contributed by atoms with Gasteiger partial charge in [-0.25, -0.2) is 0 Å². The van der Waals surface area contributed by atoms with E-state index in [-0.39, 0.29) is 5.92 Å². The quantitative estimate of drug-likeness (QED) is 0.150. The molecule has 0 saturated heterocycles. The topological polar surface area (TPSA) is 0 Å². The van der Waals surface area contributed by atoms with E-state index in [1.807, 2.05) is 11.3 Å². The summed E-state index contributed by atoms with van der Waals surface area (Å²) in [6.07, 6.45) is 1.89. The van der Waals surface area contributed by atoms with E-state index >= 15 is 0 Å². The highest BCUT2D eigenvalue weighted by Gasteiger charge is 2.52. The van der Waals surface area contributed by atoms with Crippen molar-refractivity contribution < 1.29 is 0 Å². The van der Waals surface area contributed by atoms with Crippen molar-refractivity contribution in [2.45, 2.75) is 29.6 Å². The lowest BCUT2D eigenvalue weighted by atomic mass is 9.67. The molecule has 1 heteroatoms. The number of benzene rings is 10. The van der Waals surface area contributed by atoms with Crippen LogP contribution in [0.5, 0.6) is 0 Å². The molecule has 14 rings (SSSR count). The first kappa shape index (κ1) is 37.8. The van der Waals surface area contributed by atoms with Gasteiger partial charge in [-0.1, -0.05) is 218 Å². The van der Waals surface area contributed by atoms with Crippen molar-refractivity contribution in [3.8, 4) is 33.4 Å². The Morgan fingerprint density at radius 1 is 0.333 bits per heavy atom. The number of rotatable bonds is 7. The van der Waals surface area contributed by atoms with Crippen LogP contribution in [-0.4, -0.2) is 0 Å². The van der Waals surface area contributed by atoms with Crippen LogP contribution in [0.15, 0.2) is 237 Å². The van der Waals surface area contributed by atoms with Crippen LogP contribution in [0.1, 0.15) is 73.5 Å². The van der Waals surface area contributed by atoms with E-state index < -0.39 is 10.8 Å². The third kappa shape index (κ3) is 5.10. The fraction of sp³-hybridized carbons (Fsp3) is 0.0769. The van der Waals surface area contributed by atoms with Crippen molar-refractivity contribution >= 4 is 31.5 Å². The molecule has 3 aliphatic rings. The zero-order valence-corrected chi connectivity index (χ0v) is 37.2. The summed E-state index contributed by atoms with van der Waals surface area (Å²) >= 11 is 1.90. The minimum Gasteiger partial charge on any atom is -0.135 e. The van der Waals surface area contributed by atoms with E-state index in [0.29, 0.717) is 0 Å². The second-order valence-corrected chi connectivity index (χ2v) is 19.6. The largest absolute Gasteiger partial charge is 0.135 e. The lowest BCUT2D eigenvalue weighted by molar-refractivity contribution is 0.710. The molecule has 0 aliphatic heterocycles. The maximum absolute atomic E-state index is 2.62. The van der Waals surface area contributed by atoms with Gasteiger partial charge in [0.05, 0.1) is 10.8 Å². The molecule has 3 aliphatic carbocycles. The van der Waals surface area contributed by atoms with E-state index in [9.17, 15) is 0 Å². The monoisotopic (exact) mass is 856 g/mol. The van der Waals surface area contributed by atoms with Gasteiger partial charge < -0.3 is 0 Å². The molecule has 10 aromatic carbocycles. The van der Waals surface area contributed by atoms with Crippen molar-refractivity contribution in [2.24, 2.45) is 0 Å². The molecule has 1 unspecified atom stereocenters. The SMILES string of the molecule is c1ccc(C2(c3ccccc3)c3ccccc3-c3c(CCC(c4ccc5c(c4)C4(c6ccccc6-c6ccccc64)c4ccccc4-5)c4ccc5sc6ccccc6c5c4)cccc32)cc1. The Morgan fingerprint density at radius 3 is 1.47 bits per heavy atom. The second kappa shape index (κ2) is 14.5. The first-order valence-corrected chi connectivity index (χ1v) is 24.2. The predicted octanol–water partition coefficient (Wildman–Crippen LogP) is 16.5. The Morgan fingerprint density at radius 2 is 0.818 bits per heavy atom. The minimum absolute atomic E-state index is 0.145. The molecule has 0 nitrogen and oxygen atoms in total. The van der Waals surface area contributed by atoms with E-state index in [4.69, 9.17) is 0 Å². The van der Waals surface area contributed by atoms with Gasteiger partial charge >= 0.3 is 0 Å². The van der Waals surface area contributed by atoms with Crippen LogP contribution < -0.4 is 0 Å². The fourth-order valence-corrected chi connectivity index (χ4v) is 14.0. The molecule has 1 spiro atoms. The Balaban J connectivity index is 0.968. The molecule has 66 heavy (non-hydrogen) atoms. The minimum atomic E-state index is -0.425. The molecule has 11 aromatic rings. The van der Waals surface area contributed by atoms with Crippen LogP contribution >= 0.6 is 11.3 Å². The summed E-state index contributed by atoms with van der Waals surface area (Å²) in [4.78, 5) is 0. The van der Waals surface area contributed by atoms with Gasteiger partial charge in [0, 0.05) is 26.1 Å². The molecule has 0 amide bonds. The summed E-state index contributed by atoms with van der Waals surface area (Å²) in [5.41, 5.74) is 22.3. The summed E-state index contributed by atoms with van der Waals surface area (Å²) in [7, 11) is 0. The Kier molecular flexibility index (Phi) is 8.27. The molecular weight excluding hydrogens is 813 g/mol. The summed E-state index contributed by atoms with van der Waals surface area (Å²) in [6.45, 7) is 0. The van der Waals surface area contributed by atoms with Crippen LogP contribution in [0.3, 0.4) is 0 Å². The average molecular weight is 857 g/mol. The van der Waals surface area contributed by atoms with Gasteiger partial charge in [-0.3, -0.25) is 0 Å². The van der Waals surface area contributed by atoms with Crippen LogP contribution in [0.4, 0.5) is 0 Å². The van der Waals surface area contributed by atoms with Gasteiger partial charge in [-0.2, -0.15) is 0 Å². The molecule has 0 N–H and O–H groups in total. The fourth-order valence-electron chi connectivity index (χ4n) is 12.9. The zero-order chi connectivity index (χ0) is 43.4. The number of thiophene rings is 1. The molecule has 1 aromatic heterocycles. The highest BCUT2D eigenvalue weighted by Crippen LogP contribution is 2.63. The highest BCUT2D eigenvalue weighted by molar-refractivity contribution is 7.25. The normalized spacial score (nSPS) is 14.7. The highest BCUT2D eigenvalue weighted by atomic mass is 32.1.